The summed E-state index contributed by atoms with van der Waals surface area (Å²) in [7, 11) is 2.24. The van der Waals surface area contributed by atoms with Crippen molar-refractivity contribution in [3.05, 3.63) is 0 Å². The summed E-state index contributed by atoms with van der Waals surface area (Å²) >= 11 is 0. The van der Waals surface area contributed by atoms with Crippen LogP contribution in [0.25, 0.3) is 0 Å². The fourth-order valence-corrected chi connectivity index (χ4v) is 3.89. The summed E-state index contributed by atoms with van der Waals surface area (Å²) < 4.78 is 18.6. The number of nitrogens with one attached hydrogen (secondary N) is 1. The Morgan fingerprint density at radius 1 is 1.06 bits per heavy atom. The second kappa shape index (κ2) is 9.95. The Bertz CT molecular complexity index is 174. The summed E-state index contributed by atoms with van der Waals surface area (Å²) in [4.78, 5) is 0. The van der Waals surface area contributed by atoms with Gasteiger partial charge in [0.25, 0.3) is 0 Å². The van der Waals surface area contributed by atoms with E-state index in [1.807, 2.05) is 0 Å². The smallest absolute Gasteiger partial charge is 0.364 e. The van der Waals surface area contributed by atoms with Crippen LogP contribution in [0.4, 0.5) is 0 Å². The van der Waals surface area contributed by atoms with E-state index in [1.165, 1.54) is 0 Å². The number of hydrogen-bond donors (Lipinski definition) is 2. The molecule has 0 bridgehead atoms. The molecule has 0 spiro atoms. The van der Waals surface area contributed by atoms with Gasteiger partial charge >= 0.3 is 8.97 Å². The van der Waals surface area contributed by atoms with Crippen LogP contribution in [0.2, 0.25) is 0 Å². The maximum Gasteiger partial charge on any atom is 0.598 e. The summed E-state index contributed by atoms with van der Waals surface area (Å²) in [6.45, 7) is 6.17. The largest absolute Gasteiger partial charge is 0.598 e. The van der Waals surface area contributed by atoms with Gasteiger partial charge in [0.1, 0.15) is 0 Å². The van der Waals surface area contributed by atoms with Crippen molar-refractivity contribution >= 4 is 8.97 Å². The molecule has 0 fully saturated rings. The van der Waals surface area contributed by atoms with Gasteiger partial charge in [-0.05, 0) is 13.0 Å². The fourth-order valence-electron chi connectivity index (χ4n) is 1.73. The molecule has 0 heterocycles. The van der Waals surface area contributed by atoms with E-state index in [0.29, 0.717) is 6.54 Å². The van der Waals surface area contributed by atoms with E-state index in [0.717, 1.165) is 32.6 Å². The first-order chi connectivity index (χ1) is 8.20. The third kappa shape index (κ3) is 5.43. The lowest BCUT2D eigenvalue weighted by Crippen LogP contribution is -2.61. The summed E-state index contributed by atoms with van der Waals surface area (Å²) in [5.74, 6) is 0. The van der Waals surface area contributed by atoms with Crippen LogP contribution in [-0.2, 0) is 13.3 Å². The van der Waals surface area contributed by atoms with Gasteiger partial charge in [0.15, 0.2) is 0 Å². The molecule has 104 valence electrons. The van der Waals surface area contributed by atoms with Gasteiger partial charge < -0.3 is 24.3 Å². The van der Waals surface area contributed by atoms with Gasteiger partial charge in [0.05, 0.1) is 0 Å². The monoisotopic (exact) mass is 265 g/mol. The van der Waals surface area contributed by atoms with E-state index >= 15 is 0 Å². The topological polar surface area (TPSA) is 69.0 Å². The first-order valence-corrected chi connectivity index (χ1v) is 7.69. The van der Waals surface area contributed by atoms with Crippen LogP contribution in [-0.4, -0.2) is 67.6 Å². The van der Waals surface area contributed by atoms with Crippen molar-refractivity contribution in [2.45, 2.75) is 13.3 Å². The van der Waals surface area contributed by atoms with Crippen LogP contribution in [0.3, 0.4) is 0 Å². The third-order valence-electron chi connectivity index (χ3n) is 2.53. The molecule has 7 heteroatoms. The molecule has 0 aliphatic carbocycles. The molecule has 3 N–H and O–H groups in total. The number of nitrogens with two attached hydrogens (primary N) is 1. The minimum atomic E-state index is -2.67. The quantitative estimate of drug-likeness (QED) is 0.392. The highest BCUT2D eigenvalue weighted by Gasteiger charge is 2.45. The van der Waals surface area contributed by atoms with E-state index in [9.17, 15) is 0 Å². The lowest BCUT2D eigenvalue weighted by Gasteiger charge is -2.35. The summed E-state index contributed by atoms with van der Waals surface area (Å²) in [5, 5.41) is 3.26. The van der Waals surface area contributed by atoms with E-state index in [2.05, 4.69) is 16.8 Å². The minimum absolute atomic E-state index is 0.648. The Labute approximate surface area is 106 Å². The minimum Gasteiger partial charge on any atom is -0.364 e. The summed E-state index contributed by atoms with van der Waals surface area (Å²) in [6, 6.07) is 0. The zero-order chi connectivity index (χ0) is 13.1. The Morgan fingerprint density at radius 2 is 1.65 bits per heavy atom. The molecule has 0 aromatic carbocycles. The van der Waals surface area contributed by atoms with Crippen LogP contribution >= 0.6 is 0 Å². The molecule has 17 heavy (non-hydrogen) atoms. The van der Waals surface area contributed by atoms with Gasteiger partial charge in [-0.25, -0.2) is 0 Å². The molecular formula is C10H27N3O3Si. The number of rotatable bonds is 11. The Balaban J connectivity index is 4.35. The van der Waals surface area contributed by atoms with E-state index in [-0.39, 0.29) is 0 Å². The molecule has 0 unspecified atom stereocenters. The average molecular weight is 265 g/mol. The van der Waals surface area contributed by atoms with Gasteiger partial charge in [-0.15, -0.1) is 0 Å². The summed E-state index contributed by atoms with van der Waals surface area (Å²) in [5.41, 5.74) is 5.43. The van der Waals surface area contributed by atoms with Crippen molar-refractivity contribution in [2.75, 3.05) is 54.1 Å². The standard InChI is InChI=1S/C10H27N3O3Si/c1-5-9-13(10-8-12-7-6-11)17(14-2,15-3)16-4/h12H,5-11H2,1-4H3. The van der Waals surface area contributed by atoms with Crippen molar-refractivity contribution in [1.29, 1.82) is 0 Å². The molecule has 0 amide bonds. The second-order valence-corrected chi connectivity index (χ2v) is 6.57. The third-order valence-corrected chi connectivity index (χ3v) is 5.30. The molecule has 0 aliphatic heterocycles. The molecule has 0 radical (unpaired) electrons. The first-order valence-electron chi connectivity index (χ1n) is 6.02. The number of hydrogen-bond acceptors (Lipinski definition) is 6. The molecular weight excluding hydrogens is 238 g/mol. The molecule has 0 rings (SSSR count). The van der Waals surface area contributed by atoms with Gasteiger partial charge in [0.2, 0.25) is 0 Å². The van der Waals surface area contributed by atoms with Gasteiger partial charge in [0, 0.05) is 47.5 Å². The molecule has 6 nitrogen and oxygen atoms in total. The van der Waals surface area contributed by atoms with Crippen LogP contribution in [0.15, 0.2) is 0 Å². The molecule has 0 aromatic heterocycles. The van der Waals surface area contributed by atoms with Crippen LogP contribution < -0.4 is 11.1 Å². The van der Waals surface area contributed by atoms with E-state index in [4.69, 9.17) is 19.0 Å². The zero-order valence-electron chi connectivity index (χ0n) is 11.5. The van der Waals surface area contributed by atoms with Crippen molar-refractivity contribution < 1.29 is 13.3 Å². The predicted octanol–water partition coefficient (Wildman–Crippen LogP) is -0.378. The van der Waals surface area contributed by atoms with Gasteiger partial charge in [-0.3, -0.25) is 4.57 Å². The molecule has 0 atom stereocenters. The zero-order valence-corrected chi connectivity index (χ0v) is 12.5. The Morgan fingerprint density at radius 3 is 2.06 bits per heavy atom. The normalized spacial score (nSPS) is 12.4. The maximum absolute atomic E-state index is 5.48. The average Bonchev–Trinajstić information content (AvgIpc) is 2.37. The fraction of sp³-hybridized carbons (Fsp3) is 1.00. The second-order valence-electron chi connectivity index (χ2n) is 3.66. The summed E-state index contributed by atoms with van der Waals surface area (Å²) in [6.07, 6.45) is 1.03. The molecule has 0 aliphatic rings. The molecule has 0 aromatic rings. The highest BCUT2D eigenvalue weighted by atomic mass is 28.4. The van der Waals surface area contributed by atoms with Crippen LogP contribution in [0.5, 0.6) is 0 Å². The highest BCUT2D eigenvalue weighted by molar-refractivity contribution is 6.57. The number of nitrogens with zero attached hydrogens (tertiary/aromatic N) is 1. The predicted molar refractivity (Wildman–Crippen MR) is 70.6 cm³/mol. The van der Waals surface area contributed by atoms with E-state index in [1.54, 1.807) is 21.3 Å². The molecule has 0 saturated heterocycles. The SMILES string of the molecule is CCCN(CCNCCN)[Si](OC)(OC)OC. The van der Waals surface area contributed by atoms with Crippen molar-refractivity contribution in [2.24, 2.45) is 5.73 Å². The van der Waals surface area contributed by atoms with E-state index < -0.39 is 8.97 Å². The van der Waals surface area contributed by atoms with Crippen LogP contribution in [0.1, 0.15) is 13.3 Å². The van der Waals surface area contributed by atoms with Gasteiger partial charge in [-0.2, -0.15) is 0 Å². The first kappa shape index (κ1) is 17.0. The highest BCUT2D eigenvalue weighted by Crippen LogP contribution is 2.13. The Kier molecular flexibility index (Phi) is 9.94. The van der Waals surface area contributed by atoms with Crippen LogP contribution in [0, 0.1) is 0 Å². The molecule has 0 saturated carbocycles. The lowest BCUT2D eigenvalue weighted by molar-refractivity contribution is 0.0576. The van der Waals surface area contributed by atoms with Crippen molar-refractivity contribution in [3.8, 4) is 0 Å². The maximum atomic E-state index is 5.48. The Hall–Kier alpha value is -0.0231. The van der Waals surface area contributed by atoms with Gasteiger partial charge in [-0.1, -0.05) is 6.92 Å². The van der Waals surface area contributed by atoms with Crippen molar-refractivity contribution in [3.63, 3.8) is 0 Å². The lowest BCUT2D eigenvalue weighted by atomic mass is 10.4. The van der Waals surface area contributed by atoms with Crippen molar-refractivity contribution in [1.82, 2.24) is 9.88 Å².